The van der Waals surface area contributed by atoms with E-state index in [0.29, 0.717) is 5.82 Å². The minimum absolute atomic E-state index is 0.0580. The quantitative estimate of drug-likeness (QED) is 0.865. The number of aromatic nitrogens is 2. The average molecular weight is 315 g/mol. The molecule has 0 aliphatic carbocycles. The zero-order chi connectivity index (χ0) is 16.4. The van der Waals surface area contributed by atoms with Gasteiger partial charge in [0, 0.05) is 31.5 Å². The van der Waals surface area contributed by atoms with E-state index in [1.807, 2.05) is 18.2 Å². The molecule has 0 N–H and O–H groups in total. The predicted molar refractivity (Wildman–Crippen MR) is 88.3 cm³/mol. The molecule has 1 saturated heterocycles. The van der Waals surface area contributed by atoms with Crippen molar-refractivity contribution in [3.63, 3.8) is 0 Å². The number of benzene rings is 1. The third kappa shape index (κ3) is 2.76. The van der Waals surface area contributed by atoms with E-state index in [4.69, 9.17) is 9.47 Å². The maximum atomic E-state index is 12.4. The Labute approximate surface area is 135 Å². The molecule has 1 aromatic heterocycles. The summed E-state index contributed by atoms with van der Waals surface area (Å²) in [4.78, 5) is 18.8. The summed E-state index contributed by atoms with van der Waals surface area (Å²) in [6.07, 6.45) is 5.28. The molecule has 1 fully saturated rings. The Balaban J connectivity index is 2.05. The Bertz CT molecular complexity index is 757. The SMILES string of the molecule is COc1ccc(OC)c([C@@H]2CCCN2c2nccn(C)c2=O)c1. The maximum Gasteiger partial charge on any atom is 0.293 e. The van der Waals surface area contributed by atoms with Crippen LogP contribution in [0.1, 0.15) is 24.4 Å². The van der Waals surface area contributed by atoms with Crippen LogP contribution in [0.25, 0.3) is 0 Å². The molecule has 1 aliphatic rings. The Morgan fingerprint density at radius 3 is 2.83 bits per heavy atom. The van der Waals surface area contributed by atoms with Gasteiger partial charge in [0.25, 0.3) is 5.56 Å². The first-order valence-electron chi connectivity index (χ1n) is 7.66. The second-order valence-electron chi connectivity index (χ2n) is 5.63. The summed E-state index contributed by atoms with van der Waals surface area (Å²) in [5.74, 6) is 2.07. The summed E-state index contributed by atoms with van der Waals surface area (Å²) < 4.78 is 12.4. The van der Waals surface area contributed by atoms with Gasteiger partial charge in [0.15, 0.2) is 5.82 Å². The van der Waals surface area contributed by atoms with E-state index < -0.39 is 0 Å². The molecule has 6 heteroatoms. The van der Waals surface area contributed by atoms with Crippen molar-refractivity contribution in [1.29, 1.82) is 0 Å². The topological polar surface area (TPSA) is 56.6 Å². The van der Waals surface area contributed by atoms with Crippen molar-refractivity contribution in [2.75, 3.05) is 25.7 Å². The van der Waals surface area contributed by atoms with Gasteiger partial charge in [-0.2, -0.15) is 0 Å². The normalized spacial score (nSPS) is 17.3. The molecular formula is C17H21N3O3. The molecular weight excluding hydrogens is 294 g/mol. The van der Waals surface area contributed by atoms with Crippen molar-refractivity contribution < 1.29 is 9.47 Å². The van der Waals surface area contributed by atoms with E-state index in [1.54, 1.807) is 38.2 Å². The van der Waals surface area contributed by atoms with Gasteiger partial charge in [-0.1, -0.05) is 0 Å². The number of nitrogens with zero attached hydrogens (tertiary/aromatic N) is 3. The molecule has 1 aliphatic heterocycles. The monoisotopic (exact) mass is 315 g/mol. The van der Waals surface area contributed by atoms with Gasteiger partial charge in [-0.05, 0) is 31.0 Å². The van der Waals surface area contributed by atoms with E-state index in [0.717, 1.165) is 36.4 Å². The molecule has 0 bridgehead atoms. The van der Waals surface area contributed by atoms with Crippen LogP contribution in [0.2, 0.25) is 0 Å². The summed E-state index contributed by atoms with van der Waals surface area (Å²) in [7, 11) is 5.04. The summed E-state index contributed by atoms with van der Waals surface area (Å²) in [5.41, 5.74) is 0.943. The van der Waals surface area contributed by atoms with Gasteiger partial charge >= 0.3 is 0 Å². The fourth-order valence-corrected chi connectivity index (χ4v) is 3.12. The van der Waals surface area contributed by atoms with Gasteiger partial charge in [0.05, 0.1) is 20.3 Å². The lowest BCUT2D eigenvalue weighted by Gasteiger charge is -2.27. The first-order chi connectivity index (χ1) is 11.2. The fraction of sp³-hybridized carbons (Fsp3) is 0.412. The number of ether oxygens (including phenoxy) is 2. The highest BCUT2D eigenvalue weighted by atomic mass is 16.5. The lowest BCUT2D eigenvalue weighted by molar-refractivity contribution is 0.395. The highest BCUT2D eigenvalue weighted by molar-refractivity contribution is 5.49. The smallest absolute Gasteiger partial charge is 0.293 e. The molecule has 1 atom stereocenters. The molecule has 3 rings (SSSR count). The van der Waals surface area contributed by atoms with Gasteiger partial charge in [-0.15, -0.1) is 0 Å². The number of aryl methyl sites for hydroxylation is 1. The lowest BCUT2D eigenvalue weighted by atomic mass is 10.0. The third-order valence-corrected chi connectivity index (χ3v) is 4.32. The Hall–Kier alpha value is -2.50. The first kappa shape index (κ1) is 15.4. The van der Waals surface area contributed by atoms with Crippen LogP contribution in [0.15, 0.2) is 35.4 Å². The number of hydrogen-bond acceptors (Lipinski definition) is 5. The zero-order valence-corrected chi connectivity index (χ0v) is 13.7. The van der Waals surface area contributed by atoms with Crippen LogP contribution >= 0.6 is 0 Å². The molecule has 122 valence electrons. The zero-order valence-electron chi connectivity index (χ0n) is 13.7. The Kier molecular flexibility index (Phi) is 4.23. The number of methoxy groups -OCH3 is 2. The maximum absolute atomic E-state index is 12.4. The van der Waals surface area contributed by atoms with Crippen LogP contribution < -0.4 is 19.9 Å². The summed E-state index contributed by atoms with van der Waals surface area (Å²) in [5, 5.41) is 0. The number of rotatable bonds is 4. The summed E-state index contributed by atoms with van der Waals surface area (Å²) in [6, 6.07) is 5.82. The number of anilines is 1. The minimum atomic E-state index is -0.0822. The molecule has 2 aromatic rings. The highest BCUT2D eigenvalue weighted by Gasteiger charge is 2.31. The van der Waals surface area contributed by atoms with Gasteiger partial charge in [0.1, 0.15) is 11.5 Å². The molecule has 0 spiro atoms. The summed E-state index contributed by atoms with van der Waals surface area (Å²) in [6.45, 7) is 0.803. The van der Waals surface area contributed by atoms with Gasteiger partial charge in [0.2, 0.25) is 0 Å². The van der Waals surface area contributed by atoms with Crippen molar-refractivity contribution in [3.8, 4) is 11.5 Å². The molecule has 0 radical (unpaired) electrons. The van der Waals surface area contributed by atoms with Crippen LogP contribution in [0, 0.1) is 0 Å². The molecule has 23 heavy (non-hydrogen) atoms. The Morgan fingerprint density at radius 2 is 2.09 bits per heavy atom. The standard InChI is InChI=1S/C17H21N3O3/c1-19-10-8-18-16(17(19)21)20-9-4-5-14(20)13-11-12(22-2)6-7-15(13)23-3/h6-8,10-11,14H,4-5,9H2,1-3H3/t14-/m0/s1. The van der Waals surface area contributed by atoms with E-state index in [1.165, 1.54) is 0 Å². The fourth-order valence-electron chi connectivity index (χ4n) is 3.12. The molecule has 6 nitrogen and oxygen atoms in total. The van der Waals surface area contributed by atoms with Crippen molar-refractivity contribution in [3.05, 3.63) is 46.5 Å². The van der Waals surface area contributed by atoms with Gasteiger partial charge < -0.3 is 18.9 Å². The number of hydrogen-bond donors (Lipinski definition) is 0. The van der Waals surface area contributed by atoms with Gasteiger partial charge in [-0.3, -0.25) is 4.79 Å². The second kappa shape index (κ2) is 6.32. The first-order valence-corrected chi connectivity index (χ1v) is 7.66. The molecule has 0 unspecified atom stereocenters. The molecule has 0 amide bonds. The molecule has 1 aromatic carbocycles. The molecule has 2 heterocycles. The van der Waals surface area contributed by atoms with E-state index in [2.05, 4.69) is 9.88 Å². The Morgan fingerprint density at radius 1 is 1.26 bits per heavy atom. The highest BCUT2D eigenvalue weighted by Crippen LogP contribution is 2.39. The second-order valence-corrected chi connectivity index (χ2v) is 5.63. The van der Waals surface area contributed by atoms with Crippen molar-refractivity contribution >= 4 is 5.82 Å². The summed E-state index contributed by atoms with van der Waals surface area (Å²) >= 11 is 0. The van der Waals surface area contributed by atoms with E-state index >= 15 is 0 Å². The van der Waals surface area contributed by atoms with Crippen LogP contribution in [0.4, 0.5) is 5.82 Å². The van der Waals surface area contributed by atoms with E-state index in [-0.39, 0.29) is 11.6 Å². The van der Waals surface area contributed by atoms with Gasteiger partial charge in [-0.25, -0.2) is 4.98 Å². The predicted octanol–water partition coefficient (Wildman–Crippen LogP) is 2.14. The van der Waals surface area contributed by atoms with Crippen molar-refractivity contribution in [2.45, 2.75) is 18.9 Å². The molecule has 0 saturated carbocycles. The van der Waals surface area contributed by atoms with Crippen molar-refractivity contribution in [2.24, 2.45) is 7.05 Å². The van der Waals surface area contributed by atoms with Crippen LogP contribution in [-0.4, -0.2) is 30.3 Å². The van der Waals surface area contributed by atoms with Crippen molar-refractivity contribution in [1.82, 2.24) is 9.55 Å². The average Bonchev–Trinajstić information content (AvgIpc) is 3.06. The third-order valence-electron chi connectivity index (χ3n) is 4.32. The van der Waals surface area contributed by atoms with Crippen LogP contribution in [0.3, 0.4) is 0 Å². The van der Waals surface area contributed by atoms with Crippen LogP contribution in [0.5, 0.6) is 11.5 Å². The van der Waals surface area contributed by atoms with E-state index in [9.17, 15) is 4.79 Å². The lowest BCUT2D eigenvalue weighted by Crippen LogP contribution is -2.32. The largest absolute Gasteiger partial charge is 0.497 e. The van der Waals surface area contributed by atoms with Crippen LogP contribution in [-0.2, 0) is 7.05 Å². The minimum Gasteiger partial charge on any atom is -0.497 e.